The predicted octanol–water partition coefficient (Wildman–Crippen LogP) is 5.32. The maximum Gasteiger partial charge on any atom is 0.271 e. The number of hydrogen-bond donors (Lipinski definition) is 1. The molecule has 0 aliphatic carbocycles. The Morgan fingerprint density at radius 3 is 2.45 bits per heavy atom. The molecule has 0 unspecified atom stereocenters. The summed E-state index contributed by atoms with van der Waals surface area (Å²) >= 11 is 7.66. The Labute approximate surface area is 240 Å². The average Bonchev–Trinajstić information content (AvgIpc) is 3.24. The zero-order valence-electron chi connectivity index (χ0n) is 22.3. The molecule has 1 aliphatic heterocycles. The molecule has 1 N–H and O–H groups in total. The van der Waals surface area contributed by atoms with Gasteiger partial charge in [0.1, 0.15) is 11.5 Å². The standard InChI is InChI=1S/C31H28ClN3O4S/c1-4-38-23-14-12-21(13-15-23)28-27(29(36)34-22-9-7-6-8-10-22)19(3)33-31-35(28)30(37)26(40-31)18-20-11-16-25(39-5-2)24(32)17-20/h6-18,28H,4-5H2,1-3H3,(H,34,36)/b26-18-/t28-/m0/s1. The molecule has 204 valence electrons. The van der Waals surface area contributed by atoms with E-state index < -0.39 is 6.04 Å². The lowest BCUT2D eigenvalue weighted by molar-refractivity contribution is -0.113. The van der Waals surface area contributed by atoms with Gasteiger partial charge in [-0.2, -0.15) is 0 Å². The van der Waals surface area contributed by atoms with Gasteiger partial charge in [0, 0.05) is 5.69 Å². The molecule has 1 amide bonds. The summed E-state index contributed by atoms with van der Waals surface area (Å²) < 4.78 is 13.2. The molecule has 0 spiro atoms. The lowest BCUT2D eigenvalue weighted by Gasteiger charge is -2.25. The van der Waals surface area contributed by atoms with Gasteiger partial charge in [-0.05, 0) is 74.4 Å². The van der Waals surface area contributed by atoms with Crippen molar-refractivity contribution in [3.63, 3.8) is 0 Å². The highest BCUT2D eigenvalue weighted by Gasteiger charge is 2.32. The molecule has 9 heteroatoms. The van der Waals surface area contributed by atoms with E-state index in [1.807, 2.05) is 74.5 Å². The number of nitrogens with one attached hydrogen (secondary N) is 1. The third kappa shape index (κ3) is 5.59. The molecular formula is C31H28ClN3O4S. The van der Waals surface area contributed by atoms with E-state index in [9.17, 15) is 9.59 Å². The van der Waals surface area contributed by atoms with Crippen LogP contribution in [0.5, 0.6) is 11.5 Å². The Kier molecular flexibility index (Phi) is 8.19. The van der Waals surface area contributed by atoms with Crippen LogP contribution in [0, 0.1) is 0 Å². The van der Waals surface area contributed by atoms with Gasteiger partial charge in [0.05, 0.1) is 40.1 Å². The quantitative estimate of drug-likeness (QED) is 0.309. The van der Waals surface area contributed by atoms with Crippen molar-refractivity contribution in [2.75, 3.05) is 18.5 Å². The Bertz CT molecular complexity index is 1760. The summed E-state index contributed by atoms with van der Waals surface area (Å²) in [5.41, 5.74) is 2.88. The van der Waals surface area contributed by atoms with Crippen molar-refractivity contribution in [1.29, 1.82) is 0 Å². The summed E-state index contributed by atoms with van der Waals surface area (Å²) in [6.07, 6.45) is 1.78. The molecule has 1 aromatic heterocycles. The largest absolute Gasteiger partial charge is 0.494 e. The number of fused-ring (bicyclic) bond motifs is 1. The lowest BCUT2D eigenvalue weighted by atomic mass is 9.95. The normalized spacial score (nSPS) is 14.9. The smallest absolute Gasteiger partial charge is 0.271 e. The van der Waals surface area contributed by atoms with Crippen molar-refractivity contribution in [2.24, 2.45) is 4.99 Å². The number of anilines is 1. The second-order valence-corrected chi connectivity index (χ2v) is 10.4. The first-order valence-corrected chi connectivity index (χ1v) is 14.1. The van der Waals surface area contributed by atoms with E-state index in [1.165, 1.54) is 11.3 Å². The number of carbonyl (C=O) groups is 1. The van der Waals surface area contributed by atoms with Crippen LogP contribution in [0.3, 0.4) is 0 Å². The van der Waals surface area contributed by atoms with Crippen LogP contribution in [-0.4, -0.2) is 23.7 Å². The first kappa shape index (κ1) is 27.4. The van der Waals surface area contributed by atoms with Crippen molar-refractivity contribution in [3.05, 3.63) is 120 Å². The Hall–Kier alpha value is -4.14. The van der Waals surface area contributed by atoms with Gasteiger partial charge in [-0.1, -0.05) is 59.3 Å². The molecule has 40 heavy (non-hydrogen) atoms. The fourth-order valence-electron chi connectivity index (χ4n) is 4.59. The van der Waals surface area contributed by atoms with Crippen molar-refractivity contribution < 1.29 is 14.3 Å². The number of halogens is 1. The minimum absolute atomic E-state index is 0.245. The molecule has 0 fully saturated rings. The van der Waals surface area contributed by atoms with Gasteiger partial charge in [0.15, 0.2) is 4.80 Å². The fourth-order valence-corrected chi connectivity index (χ4v) is 5.88. The van der Waals surface area contributed by atoms with Gasteiger partial charge in [-0.3, -0.25) is 14.2 Å². The molecular weight excluding hydrogens is 546 g/mol. The molecule has 1 aliphatic rings. The summed E-state index contributed by atoms with van der Waals surface area (Å²) in [6.45, 7) is 6.64. The molecule has 0 radical (unpaired) electrons. The van der Waals surface area contributed by atoms with Crippen LogP contribution in [-0.2, 0) is 4.79 Å². The third-order valence-corrected chi connectivity index (χ3v) is 7.64. The highest BCUT2D eigenvalue weighted by molar-refractivity contribution is 7.07. The van der Waals surface area contributed by atoms with Gasteiger partial charge in [0.25, 0.3) is 11.5 Å². The maximum absolute atomic E-state index is 13.9. The number of carbonyl (C=O) groups excluding carboxylic acids is 1. The highest BCUT2D eigenvalue weighted by Crippen LogP contribution is 2.32. The first-order valence-electron chi connectivity index (χ1n) is 12.9. The van der Waals surface area contributed by atoms with E-state index >= 15 is 0 Å². The zero-order chi connectivity index (χ0) is 28.2. The van der Waals surface area contributed by atoms with E-state index in [1.54, 1.807) is 29.7 Å². The number of aromatic nitrogens is 1. The number of benzene rings is 3. The zero-order valence-corrected chi connectivity index (χ0v) is 23.9. The van der Waals surface area contributed by atoms with E-state index in [-0.39, 0.29) is 11.5 Å². The van der Waals surface area contributed by atoms with Crippen LogP contribution >= 0.6 is 22.9 Å². The number of rotatable bonds is 8. The fraction of sp³-hybridized carbons (Fsp3) is 0.194. The summed E-state index contributed by atoms with van der Waals surface area (Å²) in [7, 11) is 0. The second kappa shape index (κ2) is 11.9. The van der Waals surface area contributed by atoms with E-state index in [0.29, 0.717) is 56.0 Å². The Balaban J connectivity index is 1.63. The first-order chi connectivity index (χ1) is 19.4. The molecule has 0 saturated heterocycles. The highest BCUT2D eigenvalue weighted by atomic mass is 35.5. The number of thiazole rings is 1. The summed E-state index contributed by atoms with van der Waals surface area (Å²) in [6, 6.07) is 21.4. The number of allylic oxidation sites excluding steroid dienone is 1. The number of para-hydroxylation sites is 1. The summed E-state index contributed by atoms with van der Waals surface area (Å²) in [5.74, 6) is 0.976. The number of ether oxygens (including phenoxy) is 2. The molecule has 2 heterocycles. The molecule has 4 aromatic rings. The van der Waals surface area contributed by atoms with Crippen LogP contribution in [0.4, 0.5) is 5.69 Å². The molecule has 3 aromatic carbocycles. The summed E-state index contributed by atoms with van der Waals surface area (Å²) in [5, 5.41) is 3.43. The SMILES string of the molecule is CCOc1ccc([C@H]2C(C(=O)Nc3ccccc3)=C(C)N=c3s/c(=C\c4ccc(OCC)c(Cl)c4)c(=O)n32)cc1. The predicted molar refractivity (Wildman–Crippen MR) is 159 cm³/mol. The third-order valence-electron chi connectivity index (χ3n) is 6.36. The van der Waals surface area contributed by atoms with Crippen LogP contribution in [0.1, 0.15) is 37.9 Å². The van der Waals surface area contributed by atoms with Crippen LogP contribution in [0.25, 0.3) is 6.08 Å². The molecule has 0 saturated carbocycles. The number of nitrogens with zero attached hydrogens (tertiary/aromatic N) is 2. The average molecular weight is 574 g/mol. The molecule has 7 nitrogen and oxygen atoms in total. The van der Waals surface area contributed by atoms with Crippen molar-refractivity contribution >= 4 is 40.6 Å². The molecule has 5 rings (SSSR count). The minimum atomic E-state index is -0.679. The van der Waals surface area contributed by atoms with Gasteiger partial charge >= 0.3 is 0 Å². The van der Waals surface area contributed by atoms with Gasteiger partial charge in [0.2, 0.25) is 0 Å². The monoisotopic (exact) mass is 573 g/mol. The second-order valence-electron chi connectivity index (χ2n) is 9.03. The van der Waals surface area contributed by atoms with Crippen molar-refractivity contribution in [1.82, 2.24) is 4.57 Å². The van der Waals surface area contributed by atoms with E-state index in [4.69, 9.17) is 26.1 Å². The molecule has 1 atom stereocenters. The van der Waals surface area contributed by atoms with E-state index in [0.717, 1.165) is 11.1 Å². The maximum atomic E-state index is 13.9. The topological polar surface area (TPSA) is 81.9 Å². The van der Waals surface area contributed by atoms with Crippen molar-refractivity contribution in [2.45, 2.75) is 26.8 Å². The Morgan fingerprint density at radius 2 is 1.77 bits per heavy atom. The van der Waals surface area contributed by atoms with Gasteiger partial charge < -0.3 is 14.8 Å². The number of amides is 1. The van der Waals surface area contributed by atoms with Gasteiger partial charge in [-0.15, -0.1) is 0 Å². The Morgan fingerprint density at radius 1 is 1.05 bits per heavy atom. The van der Waals surface area contributed by atoms with Crippen molar-refractivity contribution in [3.8, 4) is 11.5 Å². The summed E-state index contributed by atoms with van der Waals surface area (Å²) in [4.78, 5) is 32.8. The lowest BCUT2D eigenvalue weighted by Crippen LogP contribution is -2.40. The van der Waals surface area contributed by atoms with Gasteiger partial charge in [-0.25, -0.2) is 4.99 Å². The van der Waals surface area contributed by atoms with E-state index in [2.05, 4.69) is 5.32 Å². The van der Waals surface area contributed by atoms with Crippen LogP contribution < -0.4 is 29.7 Å². The van der Waals surface area contributed by atoms with Crippen LogP contribution in [0.15, 0.2) is 93.9 Å². The number of hydrogen-bond acceptors (Lipinski definition) is 6. The minimum Gasteiger partial charge on any atom is -0.494 e. The molecule has 0 bridgehead atoms. The van der Waals surface area contributed by atoms with Crippen LogP contribution in [0.2, 0.25) is 5.02 Å².